The van der Waals surface area contributed by atoms with Crippen LogP contribution in [0.25, 0.3) is 0 Å². The molecular formula is C27H51NO2S. The van der Waals surface area contributed by atoms with E-state index in [1.54, 1.807) is 0 Å². The van der Waals surface area contributed by atoms with Crippen molar-refractivity contribution in [1.29, 1.82) is 0 Å². The van der Waals surface area contributed by atoms with Gasteiger partial charge in [-0.25, -0.2) is 0 Å². The maximum atomic E-state index is 12.0. The number of unbranched alkanes of at least 4 members (excludes halogenated alkanes) is 15. The molecule has 0 saturated carbocycles. The topological polar surface area (TPSA) is 37.4 Å². The van der Waals surface area contributed by atoms with Crippen molar-refractivity contribution >= 4 is 23.6 Å². The third kappa shape index (κ3) is 16.7. The largest absolute Gasteiger partial charge is 0.283 e. The number of amides is 2. The summed E-state index contributed by atoms with van der Waals surface area (Å²) in [6.07, 6.45) is 26.5. The minimum atomic E-state index is 0.0466. The molecule has 0 aliphatic carbocycles. The van der Waals surface area contributed by atoms with Gasteiger partial charge in [0, 0.05) is 19.4 Å². The maximum absolute atomic E-state index is 12.0. The zero-order chi connectivity index (χ0) is 22.4. The predicted molar refractivity (Wildman–Crippen MR) is 137 cm³/mol. The summed E-state index contributed by atoms with van der Waals surface area (Å²) in [6, 6.07) is 0. The Morgan fingerprint density at radius 1 is 0.581 bits per heavy atom. The quantitative estimate of drug-likeness (QED) is 0.129. The van der Waals surface area contributed by atoms with Gasteiger partial charge >= 0.3 is 0 Å². The predicted octanol–water partition coefficient (Wildman–Crippen LogP) is 8.30. The highest BCUT2D eigenvalue weighted by Crippen LogP contribution is 2.16. The Labute approximate surface area is 197 Å². The van der Waals surface area contributed by atoms with Crippen molar-refractivity contribution in [3.8, 4) is 0 Å². The standard InChI is InChI=1S/C27H51NO2S/c1-2-3-4-5-6-7-8-9-10-11-12-13-14-15-16-19-24-31-25-20-23-28-26(29)21-17-18-22-27(28)30/h2-25H2,1H3. The number of thioether (sulfide) groups is 1. The first kappa shape index (κ1) is 28.5. The highest BCUT2D eigenvalue weighted by Gasteiger charge is 2.23. The maximum Gasteiger partial charge on any atom is 0.229 e. The van der Waals surface area contributed by atoms with Crippen LogP contribution in [0, 0.1) is 0 Å². The summed E-state index contributed by atoms with van der Waals surface area (Å²) in [5, 5.41) is 0. The van der Waals surface area contributed by atoms with E-state index in [2.05, 4.69) is 6.92 Å². The summed E-state index contributed by atoms with van der Waals surface area (Å²) >= 11 is 1.99. The molecule has 0 aromatic heterocycles. The Hall–Kier alpha value is -0.510. The van der Waals surface area contributed by atoms with Crippen molar-refractivity contribution in [3.63, 3.8) is 0 Å². The number of rotatable bonds is 21. The second-order valence-corrected chi connectivity index (χ2v) is 10.6. The molecule has 1 saturated heterocycles. The van der Waals surface area contributed by atoms with E-state index in [1.807, 2.05) is 11.8 Å². The van der Waals surface area contributed by atoms with E-state index in [1.165, 1.54) is 113 Å². The number of hydrogen-bond donors (Lipinski definition) is 0. The average Bonchev–Trinajstić information content (AvgIpc) is 2.92. The Bertz CT molecular complexity index is 423. The zero-order valence-corrected chi connectivity index (χ0v) is 21.5. The van der Waals surface area contributed by atoms with Gasteiger partial charge in [0.1, 0.15) is 0 Å². The number of imide groups is 1. The molecular weight excluding hydrogens is 402 g/mol. The third-order valence-corrected chi connectivity index (χ3v) is 7.60. The van der Waals surface area contributed by atoms with Gasteiger partial charge in [-0.3, -0.25) is 14.5 Å². The minimum absolute atomic E-state index is 0.0466. The van der Waals surface area contributed by atoms with Crippen molar-refractivity contribution in [3.05, 3.63) is 0 Å². The summed E-state index contributed by atoms with van der Waals surface area (Å²) in [6.45, 7) is 2.92. The number of likely N-dealkylation sites (tertiary alicyclic amines) is 1. The Morgan fingerprint density at radius 2 is 0.968 bits per heavy atom. The highest BCUT2D eigenvalue weighted by atomic mass is 32.2. The van der Waals surface area contributed by atoms with Crippen molar-refractivity contribution in [2.75, 3.05) is 18.1 Å². The van der Waals surface area contributed by atoms with E-state index in [-0.39, 0.29) is 11.8 Å². The van der Waals surface area contributed by atoms with Crippen molar-refractivity contribution in [2.45, 2.75) is 142 Å². The monoisotopic (exact) mass is 453 g/mol. The van der Waals surface area contributed by atoms with Crippen LogP contribution in [0.4, 0.5) is 0 Å². The fourth-order valence-electron chi connectivity index (χ4n) is 4.39. The molecule has 0 atom stereocenters. The minimum Gasteiger partial charge on any atom is -0.283 e. The average molecular weight is 454 g/mol. The first-order valence-corrected chi connectivity index (χ1v) is 14.8. The van der Waals surface area contributed by atoms with E-state index >= 15 is 0 Å². The summed E-state index contributed by atoms with van der Waals surface area (Å²) in [5.41, 5.74) is 0. The van der Waals surface area contributed by atoms with E-state index in [0.29, 0.717) is 19.4 Å². The lowest BCUT2D eigenvalue weighted by Crippen LogP contribution is -2.36. The third-order valence-electron chi connectivity index (χ3n) is 6.45. The van der Waals surface area contributed by atoms with Gasteiger partial charge in [-0.15, -0.1) is 0 Å². The van der Waals surface area contributed by atoms with Gasteiger partial charge in [-0.2, -0.15) is 11.8 Å². The lowest BCUT2D eigenvalue weighted by atomic mass is 10.0. The number of carbonyl (C=O) groups is 2. The van der Waals surface area contributed by atoms with Gasteiger partial charge in [-0.1, -0.05) is 103 Å². The van der Waals surface area contributed by atoms with Crippen LogP contribution >= 0.6 is 11.8 Å². The second-order valence-electron chi connectivity index (χ2n) is 9.42. The molecule has 1 heterocycles. The van der Waals surface area contributed by atoms with Crippen molar-refractivity contribution in [1.82, 2.24) is 4.90 Å². The first-order chi connectivity index (χ1) is 15.3. The Balaban J connectivity index is 1.75. The molecule has 4 heteroatoms. The molecule has 1 aliphatic rings. The molecule has 1 fully saturated rings. The van der Waals surface area contributed by atoms with Crippen LogP contribution in [-0.2, 0) is 9.59 Å². The van der Waals surface area contributed by atoms with Crippen LogP contribution in [0.5, 0.6) is 0 Å². The molecule has 1 aliphatic heterocycles. The summed E-state index contributed by atoms with van der Waals surface area (Å²) in [7, 11) is 0. The second kappa shape index (κ2) is 21.3. The fraction of sp³-hybridized carbons (Fsp3) is 0.926. The SMILES string of the molecule is CCCCCCCCCCCCCCCCCCSCCCN1C(=O)CCCCC1=O. The van der Waals surface area contributed by atoms with Crippen LogP contribution in [0.1, 0.15) is 142 Å². The Kier molecular flexibility index (Phi) is 19.6. The van der Waals surface area contributed by atoms with Gasteiger partial charge in [-0.05, 0) is 37.2 Å². The van der Waals surface area contributed by atoms with E-state index in [4.69, 9.17) is 0 Å². The lowest BCUT2D eigenvalue weighted by Gasteiger charge is -2.18. The number of hydrogen-bond acceptors (Lipinski definition) is 3. The molecule has 0 radical (unpaired) electrons. The van der Waals surface area contributed by atoms with Crippen LogP contribution in [-0.4, -0.2) is 34.8 Å². The summed E-state index contributed by atoms with van der Waals surface area (Å²) in [4.78, 5) is 25.4. The zero-order valence-electron chi connectivity index (χ0n) is 20.6. The van der Waals surface area contributed by atoms with Gasteiger partial charge in [0.2, 0.25) is 11.8 Å². The summed E-state index contributed by atoms with van der Waals surface area (Å²) in [5.74, 6) is 2.38. The molecule has 0 unspecified atom stereocenters. The molecule has 0 N–H and O–H groups in total. The number of carbonyl (C=O) groups excluding carboxylic acids is 2. The first-order valence-electron chi connectivity index (χ1n) is 13.7. The van der Waals surface area contributed by atoms with Crippen LogP contribution in [0.15, 0.2) is 0 Å². The van der Waals surface area contributed by atoms with E-state index in [9.17, 15) is 9.59 Å². The molecule has 182 valence electrons. The van der Waals surface area contributed by atoms with Gasteiger partial charge in [0.25, 0.3) is 0 Å². The van der Waals surface area contributed by atoms with Crippen LogP contribution in [0.3, 0.4) is 0 Å². The molecule has 0 aromatic rings. The van der Waals surface area contributed by atoms with Crippen LogP contribution < -0.4 is 0 Å². The van der Waals surface area contributed by atoms with Crippen molar-refractivity contribution in [2.24, 2.45) is 0 Å². The molecule has 1 rings (SSSR count). The van der Waals surface area contributed by atoms with Gasteiger partial charge in [0.15, 0.2) is 0 Å². The van der Waals surface area contributed by atoms with Gasteiger partial charge in [0.05, 0.1) is 0 Å². The van der Waals surface area contributed by atoms with E-state index < -0.39 is 0 Å². The normalized spacial score (nSPS) is 14.9. The molecule has 2 amide bonds. The van der Waals surface area contributed by atoms with Crippen LogP contribution in [0.2, 0.25) is 0 Å². The summed E-state index contributed by atoms with van der Waals surface area (Å²) < 4.78 is 0. The number of nitrogens with zero attached hydrogens (tertiary/aromatic N) is 1. The van der Waals surface area contributed by atoms with Crippen molar-refractivity contribution < 1.29 is 9.59 Å². The smallest absolute Gasteiger partial charge is 0.229 e. The molecule has 3 nitrogen and oxygen atoms in total. The molecule has 0 spiro atoms. The lowest BCUT2D eigenvalue weighted by molar-refractivity contribution is -0.143. The Morgan fingerprint density at radius 3 is 1.42 bits per heavy atom. The fourth-order valence-corrected chi connectivity index (χ4v) is 5.34. The molecule has 31 heavy (non-hydrogen) atoms. The van der Waals surface area contributed by atoms with E-state index in [0.717, 1.165) is 25.0 Å². The highest BCUT2D eigenvalue weighted by molar-refractivity contribution is 7.99. The van der Waals surface area contributed by atoms with Gasteiger partial charge < -0.3 is 0 Å². The molecule has 0 bridgehead atoms. The molecule has 0 aromatic carbocycles.